The van der Waals surface area contributed by atoms with E-state index in [4.69, 9.17) is 0 Å². The van der Waals surface area contributed by atoms with Crippen LogP contribution in [-0.2, 0) is 10.0 Å². The molecule has 0 aliphatic carbocycles. The van der Waals surface area contributed by atoms with Gasteiger partial charge in [-0.05, 0) is 36.8 Å². The molecule has 6 nitrogen and oxygen atoms in total. The highest BCUT2D eigenvalue weighted by Crippen LogP contribution is 2.21. The molecule has 7 heteroatoms. The molecule has 24 heavy (non-hydrogen) atoms. The Hall–Kier alpha value is -2.28. The standard InChI is InChI=1S/C17H22N4O2S/c1-14-4-3-5-15(12-14)20-8-10-21(11-9-20)16-6-7-17(18-13-16)19-24(2,22)23/h3-7,12-13H,8-11H2,1-2H3,(H,18,19). The molecule has 2 heterocycles. The van der Waals surface area contributed by atoms with E-state index in [0.29, 0.717) is 5.82 Å². The molecule has 0 spiro atoms. The second kappa shape index (κ2) is 6.68. The van der Waals surface area contributed by atoms with E-state index in [0.717, 1.165) is 38.1 Å². The largest absolute Gasteiger partial charge is 0.368 e. The lowest BCUT2D eigenvalue weighted by molar-refractivity contribution is 0.606. The first-order valence-corrected chi connectivity index (χ1v) is 9.80. The first-order chi connectivity index (χ1) is 11.4. The average Bonchev–Trinajstić information content (AvgIpc) is 2.54. The molecule has 0 unspecified atom stereocenters. The number of aromatic nitrogens is 1. The second-order valence-corrected chi connectivity index (χ2v) is 7.84. The predicted molar refractivity (Wildman–Crippen MR) is 98.3 cm³/mol. The van der Waals surface area contributed by atoms with E-state index in [1.54, 1.807) is 12.3 Å². The van der Waals surface area contributed by atoms with Gasteiger partial charge in [0.05, 0.1) is 18.1 Å². The minimum Gasteiger partial charge on any atom is -0.368 e. The molecular formula is C17H22N4O2S. The molecule has 1 fully saturated rings. The Morgan fingerprint density at radius 2 is 1.67 bits per heavy atom. The Morgan fingerprint density at radius 3 is 2.21 bits per heavy atom. The van der Waals surface area contributed by atoms with Crippen LogP contribution in [0.25, 0.3) is 0 Å². The van der Waals surface area contributed by atoms with E-state index in [9.17, 15) is 8.42 Å². The number of rotatable bonds is 4. The van der Waals surface area contributed by atoms with Gasteiger partial charge in [-0.3, -0.25) is 4.72 Å². The van der Waals surface area contributed by atoms with Crippen LogP contribution in [0.5, 0.6) is 0 Å². The first-order valence-electron chi connectivity index (χ1n) is 7.91. The van der Waals surface area contributed by atoms with Crippen LogP contribution in [0.2, 0.25) is 0 Å². The third-order valence-corrected chi connectivity index (χ3v) is 4.63. The molecule has 3 rings (SSSR count). The van der Waals surface area contributed by atoms with Gasteiger partial charge in [-0.1, -0.05) is 12.1 Å². The van der Waals surface area contributed by atoms with E-state index >= 15 is 0 Å². The van der Waals surface area contributed by atoms with Gasteiger partial charge in [0.25, 0.3) is 0 Å². The van der Waals surface area contributed by atoms with Crippen molar-refractivity contribution < 1.29 is 8.42 Å². The minimum absolute atomic E-state index is 0.347. The number of hydrogen-bond donors (Lipinski definition) is 1. The molecule has 1 saturated heterocycles. The van der Waals surface area contributed by atoms with E-state index in [1.165, 1.54) is 11.3 Å². The van der Waals surface area contributed by atoms with Gasteiger partial charge in [0.2, 0.25) is 10.0 Å². The van der Waals surface area contributed by atoms with Crippen molar-refractivity contribution in [3.05, 3.63) is 48.2 Å². The summed E-state index contributed by atoms with van der Waals surface area (Å²) in [5.41, 5.74) is 3.55. The highest BCUT2D eigenvalue weighted by atomic mass is 32.2. The van der Waals surface area contributed by atoms with Crippen molar-refractivity contribution in [2.24, 2.45) is 0 Å². The molecule has 2 aromatic rings. The van der Waals surface area contributed by atoms with Gasteiger partial charge in [0, 0.05) is 31.9 Å². The summed E-state index contributed by atoms with van der Waals surface area (Å²) in [6.07, 6.45) is 2.84. The Balaban J connectivity index is 1.62. The fourth-order valence-corrected chi connectivity index (χ4v) is 3.37. The maximum Gasteiger partial charge on any atom is 0.230 e. The number of nitrogens with one attached hydrogen (secondary N) is 1. The number of piperazine rings is 1. The van der Waals surface area contributed by atoms with Crippen LogP contribution < -0.4 is 14.5 Å². The summed E-state index contributed by atoms with van der Waals surface area (Å²) >= 11 is 0. The monoisotopic (exact) mass is 346 g/mol. The fourth-order valence-electron chi connectivity index (χ4n) is 2.87. The quantitative estimate of drug-likeness (QED) is 0.918. The number of hydrogen-bond acceptors (Lipinski definition) is 5. The molecule has 1 aromatic carbocycles. The summed E-state index contributed by atoms with van der Waals surface area (Å²) in [4.78, 5) is 8.84. The second-order valence-electron chi connectivity index (χ2n) is 6.09. The SMILES string of the molecule is Cc1cccc(N2CCN(c3ccc(NS(C)(=O)=O)nc3)CC2)c1. The molecule has 0 radical (unpaired) electrons. The van der Waals surface area contributed by atoms with Gasteiger partial charge in [-0.25, -0.2) is 13.4 Å². The number of anilines is 3. The van der Waals surface area contributed by atoms with E-state index in [1.807, 2.05) is 6.07 Å². The zero-order valence-corrected chi connectivity index (χ0v) is 14.8. The van der Waals surface area contributed by atoms with Crippen LogP contribution >= 0.6 is 0 Å². The molecule has 1 aromatic heterocycles. The Labute approximate surface area is 143 Å². The number of benzene rings is 1. The van der Waals surface area contributed by atoms with Gasteiger partial charge in [0.1, 0.15) is 5.82 Å². The van der Waals surface area contributed by atoms with Crippen molar-refractivity contribution in [3.8, 4) is 0 Å². The lowest BCUT2D eigenvalue weighted by Crippen LogP contribution is -2.46. The van der Waals surface area contributed by atoms with Crippen LogP contribution in [0.1, 0.15) is 5.56 Å². The third-order valence-electron chi connectivity index (χ3n) is 4.05. The van der Waals surface area contributed by atoms with E-state index in [-0.39, 0.29) is 0 Å². The van der Waals surface area contributed by atoms with Crippen molar-refractivity contribution in [1.29, 1.82) is 0 Å². The van der Waals surface area contributed by atoms with Crippen LogP contribution in [0, 0.1) is 6.92 Å². The number of nitrogens with zero attached hydrogens (tertiary/aromatic N) is 3. The molecule has 1 aliphatic heterocycles. The van der Waals surface area contributed by atoms with Crippen LogP contribution in [0.4, 0.5) is 17.2 Å². The number of sulfonamides is 1. The fraction of sp³-hybridized carbons (Fsp3) is 0.353. The van der Waals surface area contributed by atoms with E-state index < -0.39 is 10.0 Å². The topological polar surface area (TPSA) is 65.5 Å². The molecule has 0 atom stereocenters. The normalized spacial score (nSPS) is 15.4. The maximum atomic E-state index is 11.2. The molecule has 1 N–H and O–H groups in total. The summed E-state index contributed by atoms with van der Waals surface area (Å²) in [5.74, 6) is 0.347. The van der Waals surface area contributed by atoms with Gasteiger partial charge in [-0.2, -0.15) is 0 Å². The summed E-state index contributed by atoms with van der Waals surface area (Å²) in [7, 11) is -3.29. The van der Waals surface area contributed by atoms with Gasteiger partial charge >= 0.3 is 0 Å². The van der Waals surface area contributed by atoms with Crippen LogP contribution in [-0.4, -0.2) is 45.8 Å². The zero-order chi connectivity index (χ0) is 17.2. The maximum absolute atomic E-state index is 11.2. The molecule has 128 valence electrons. The van der Waals surface area contributed by atoms with E-state index in [2.05, 4.69) is 50.7 Å². The number of pyridine rings is 1. The third kappa shape index (κ3) is 4.17. The van der Waals surface area contributed by atoms with Crippen molar-refractivity contribution in [2.75, 3.05) is 47.0 Å². The lowest BCUT2D eigenvalue weighted by Gasteiger charge is -2.37. The predicted octanol–water partition coefficient (Wildman–Crippen LogP) is 2.09. The van der Waals surface area contributed by atoms with Gasteiger partial charge in [-0.15, -0.1) is 0 Å². The lowest BCUT2D eigenvalue weighted by atomic mass is 10.2. The molecule has 0 amide bonds. The molecule has 0 saturated carbocycles. The first kappa shape index (κ1) is 16.6. The van der Waals surface area contributed by atoms with Crippen molar-refractivity contribution in [2.45, 2.75) is 6.92 Å². The Morgan fingerprint density at radius 1 is 1.00 bits per heavy atom. The Bertz CT molecular complexity index is 798. The van der Waals surface area contributed by atoms with Crippen LogP contribution in [0.15, 0.2) is 42.6 Å². The molecular weight excluding hydrogens is 324 g/mol. The summed E-state index contributed by atoms with van der Waals surface area (Å²) in [6, 6.07) is 12.2. The summed E-state index contributed by atoms with van der Waals surface area (Å²) < 4.78 is 24.8. The smallest absolute Gasteiger partial charge is 0.230 e. The Kier molecular flexibility index (Phi) is 4.62. The highest BCUT2D eigenvalue weighted by Gasteiger charge is 2.18. The summed E-state index contributed by atoms with van der Waals surface area (Å²) in [6.45, 7) is 5.83. The van der Waals surface area contributed by atoms with Crippen LogP contribution in [0.3, 0.4) is 0 Å². The minimum atomic E-state index is -3.29. The van der Waals surface area contributed by atoms with Crippen molar-refractivity contribution >= 4 is 27.2 Å². The van der Waals surface area contributed by atoms with Gasteiger partial charge in [0.15, 0.2) is 0 Å². The van der Waals surface area contributed by atoms with Gasteiger partial charge < -0.3 is 9.80 Å². The zero-order valence-electron chi connectivity index (χ0n) is 13.9. The molecule has 0 bridgehead atoms. The number of aryl methyl sites for hydroxylation is 1. The average molecular weight is 346 g/mol. The van der Waals surface area contributed by atoms with Crippen molar-refractivity contribution in [3.63, 3.8) is 0 Å². The molecule has 1 aliphatic rings. The van der Waals surface area contributed by atoms with Crippen molar-refractivity contribution in [1.82, 2.24) is 4.98 Å². The summed E-state index contributed by atoms with van der Waals surface area (Å²) in [5, 5.41) is 0. The highest BCUT2D eigenvalue weighted by molar-refractivity contribution is 7.92.